The predicted molar refractivity (Wildman–Crippen MR) is 218 cm³/mol. The van der Waals surface area contributed by atoms with E-state index in [4.69, 9.17) is 0 Å². The van der Waals surface area contributed by atoms with Gasteiger partial charge >= 0.3 is 6.03 Å². The maximum atomic E-state index is 14.7. The van der Waals surface area contributed by atoms with E-state index < -0.39 is 12.2 Å². The number of anilines is 1. The van der Waals surface area contributed by atoms with Gasteiger partial charge in [-0.15, -0.1) is 6.58 Å². The summed E-state index contributed by atoms with van der Waals surface area (Å²) < 4.78 is 2.03. The van der Waals surface area contributed by atoms with Crippen molar-refractivity contribution in [3.8, 4) is 16.9 Å². The van der Waals surface area contributed by atoms with Crippen molar-refractivity contribution in [3.05, 3.63) is 127 Å². The van der Waals surface area contributed by atoms with E-state index in [1.165, 1.54) is 0 Å². The number of nitrogens with zero attached hydrogens (tertiary/aromatic N) is 6. The van der Waals surface area contributed by atoms with E-state index in [2.05, 4.69) is 22.2 Å². The number of hydrogen-bond donors (Lipinski definition) is 3. The summed E-state index contributed by atoms with van der Waals surface area (Å²) in [4.78, 5) is 63.1. The van der Waals surface area contributed by atoms with E-state index in [1.807, 2.05) is 86.3 Å². The summed E-state index contributed by atoms with van der Waals surface area (Å²) in [5.74, 6) is -0.0785. The van der Waals surface area contributed by atoms with Gasteiger partial charge in [-0.05, 0) is 61.2 Å². The van der Waals surface area contributed by atoms with Crippen LogP contribution in [0.4, 0.5) is 10.6 Å². The Morgan fingerprint density at radius 1 is 0.982 bits per heavy atom. The first-order valence-electron chi connectivity index (χ1n) is 19.2. The van der Waals surface area contributed by atoms with Gasteiger partial charge in [0.05, 0.1) is 18.6 Å². The average molecular weight is 769 g/mol. The molecule has 13 heteroatoms. The predicted octanol–water partition coefficient (Wildman–Crippen LogP) is 5.46. The lowest BCUT2D eigenvalue weighted by Gasteiger charge is -2.55. The van der Waals surface area contributed by atoms with Crippen molar-refractivity contribution < 1.29 is 24.3 Å². The van der Waals surface area contributed by atoms with Crippen LogP contribution in [0.1, 0.15) is 37.0 Å². The molecule has 4 heterocycles. The normalized spacial score (nSPS) is 17.2. The number of carbonyl (C=O) groups is 4. The molecule has 2 atom stereocenters. The molecule has 7 rings (SSSR count). The molecule has 5 amide bonds. The van der Waals surface area contributed by atoms with Crippen LogP contribution in [0.3, 0.4) is 0 Å². The number of hydrogen-bond acceptors (Lipinski definition) is 7. The minimum absolute atomic E-state index is 0.0121. The van der Waals surface area contributed by atoms with Crippen molar-refractivity contribution in [2.45, 2.75) is 57.9 Å². The van der Waals surface area contributed by atoms with E-state index in [-0.39, 0.29) is 74.6 Å². The van der Waals surface area contributed by atoms with Crippen LogP contribution in [0.5, 0.6) is 5.75 Å². The zero-order valence-corrected chi connectivity index (χ0v) is 32.5. The van der Waals surface area contributed by atoms with E-state index in [0.717, 1.165) is 38.7 Å². The molecular formula is C44H48N8O5. The summed E-state index contributed by atoms with van der Waals surface area (Å²) in [5, 5.41) is 19.9. The highest BCUT2D eigenvalue weighted by Crippen LogP contribution is 2.35. The summed E-state index contributed by atoms with van der Waals surface area (Å²) in [7, 11) is 1.96. The number of urea groups is 1. The number of piperazine rings is 1. The number of nitrogens with one attached hydrogen (secondary N) is 2. The molecule has 0 spiro atoms. The fourth-order valence-electron chi connectivity index (χ4n) is 7.93. The fourth-order valence-corrected chi connectivity index (χ4v) is 7.93. The lowest BCUT2D eigenvalue weighted by Crippen LogP contribution is -2.75. The second kappa shape index (κ2) is 16.7. The SMILES string of the molecule is C=CCN1CC(=O)N2[C@@H](Cc3ccc(O)cc3)C(=O)N(Cc3cccc4c(-c5ccc(NC(=O)NC(C)C)nc5)cn(C)c34)C[C@@H]2N1C(=O)CCc1ccccc1. The maximum Gasteiger partial charge on any atom is 0.320 e. The molecule has 0 saturated carbocycles. The molecule has 3 N–H and O–H groups in total. The molecule has 0 radical (unpaired) electrons. The second-order valence-corrected chi connectivity index (χ2v) is 14.9. The van der Waals surface area contributed by atoms with Crippen molar-refractivity contribution in [3.63, 3.8) is 0 Å². The number of carbonyl (C=O) groups excluding carboxylic acids is 4. The second-order valence-electron chi connectivity index (χ2n) is 14.9. The lowest BCUT2D eigenvalue weighted by molar-refractivity contribution is -0.205. The number of aryl methyl sites for hydroxylation is 2. The molecule has 2 saturated heterocycles. The molecule has 294 valence electrons. The Hall–Kier alpha value is -6.47. The van der Waals surface area contributed by atoms with Gasteiger partial charge < -0.3 is 24.8 Å². The van der Waals surface area contributed by atoms with E-state index in [1.54, 1.807) is 62.4 Å². The highest BCUT2D eigenvalue weighted by Gasteiger charge is 2.51. The van der Waals surface area contributed by atoms with Crippen molar-refractivity contribution in [1.82, 2.24) is 34.7 Å². The number of pyridine rings is 1. The van der Waals surface area contributed by atoms with Gasteiger partial charge in [0.2, 0.25) is 17.7 Å². The summed E-state index contributed by atoms with van der Waals surface area (Å²) >= 11 is 0. The molecule has 2 aliphatic rings. The number of rotatable bonds is 12. The topological polar surface area (TPSA) is 143 Å². The standard InChI is InChI=1S/C44H48N8O5/c1-5-22-50-28-41(55)51-37(23-31-14-18-34(53)19-15-31)43(56)49(27-39(51)52(50)40(54)21-16-30-10-7-6-8-11-30)25-33-12-9-13-35-36(26-48(4)42(33)35)32-17-20-38(45-24-32)47-44(57)46-29(2)3/h5-15,17-20,24,26,29,37,39,53H,1,16,21-23,25,27-28H2,2-4H3,(H2,45,46,47,57)/t37-,39-/m0/s1. The van der Waals surface area contributed by atoms with Gasteiger partial charge in [0.25, 0.3) is 0 Å². The number of hydrazine groups is 1. The van der Waals surface area contributed by atoms with E-state index in [0.29, 0.717) is 12.2 Å². The Bertz CT molecular complexity index is 2270. The van der Waals surface area contributed by atoms with E-state index >= 15 is 0 Å². The van der Waals surface area contributed by atoms with Crippen LogP contribution >= 0.6 is 0 Å². The van der Waals surface area contributed by atoms with Crippen LogP contribution in [-0.4, -0.2) is 96.1 Å². The molecule has 5 aromatic rings. The Kier molecular flexibility index (Phi) is 11.4. The number of phenols is 1. The zero-order chi connectivity index (χ0) is 40.2. The maximum absolute atomic E-state index is 14.7. The molecule has 0 unspecified atom stereocenters. The Morgan fingerprint density at radius 2 is 1.75 bits per heavy atom. The van der Waals surface area contributed by atoms with Gasteiger partial charge in [0.1, 0.15) is 23.8 Å². The van der Waals surface area contributed by atoms with Crippen molar-refractivity contribution >= 4 is 40.5 Å². The minimum atomic E-state index is -0.889. The summed E-state index contributed by atoms with van der Waals surface area (Å²) in [6.07, 6.45) is 5.63. The van der Waals surface area contributed by atoms with Crippen LogP contribution in [0, 0.1) is 0 Å². The molecule has 2 fully saturated rings. The van der Waals surface area contributed by atoms with Crippen molar-refractivity contribution in [1.29, 1.82) is 0 Å². The third kappa shape index (κ3) is 8.38. The van der Waals surface area contributed by atoms with Crippen LogP contribution in [0.25, 0.3) is 22.0 Å². The smallest absolute Gasteiger partial charge is 0.320 e. The van der Waals surface area contributed by atoms with Gasteiger partial charge in [0, 0.05) is 67.9 Å². The van der Waals surface area contributed by atoms with Gasteiger partial charge in [-0.2, -0.15) is 0 Å². The van der Waals surface area contributed by atoms with Crippen molar-refractivity contribution in [2.75, 3.05) is 25.0 Å². The third-order valence-electron chi connectivity index (χ3n) is 10.4. The van der Waals surface area contributed by atoms with Gasteiger partial charge in [0.15, 0.2) is 0 Å². The summed E-state index contributed by atoms with van der Waals surface area (Å²) in [5.41, 5.74) is 5.44. The molecule has 2 aromatic heterocycles. The molecule has 2 aliphatic heterocycles. The first-order valence-corrected chi connectivity index (χ1v) is 19.2. The minimum Gasteiger partial charge on any atom is -0.508 e. The van der Waals surface area contributed by atoms with Gasteiger partial charge in [-0.25, -0.2) is 19.8 Å². The molecule has 0 bridgehead atoms. The number of para-hydroxylation sites is 1. The lowest BCUT2D eigenvalue weighted by atomic mass is 9.97. The van der Waals surface area contributed by atoms with Crippen LogP contribution in [0.2, 0.25) is 0 Å². The van der Waals surface area contributed by atoms with Gasteiger partial charge in [-0.3, -0.25) is 19.7 Å². The number of aromatic hydroxyl groups is 1. The summed E-state index contributed by atoms with van der Waals surface area (Å²) in [6, 6.07) is 24.9. The number of amides is 5. The number of aromatic nitrogens is 2. The van der Waals surface area contributed by atoms with Crippen LogP contribution < -0.4 is 10.6 Å². The monoisotopic (exact) mass is 768 g/mol. The van der Waals surface area contributed by atoms with E-state index in [9.17, 15) is 24.3 Å². The molecule has 13 nitrogen and oxygen atoms in total. The highest BCUT2D eigenvalue weighted by molar-refractivity contribution is 5.98. The number of benzene rings is 3. The molecule has 57 heavy (non-hydrogen) atoms. The Morgan fingerprint density at radius 3 is 2.46 bits per heavy atom. The first kappa shape index (κ1) is 38.8. The number of fused-ring (bicyclic) bond motifs is 2. The molecule has 0 aliphatic carbocycles. The Labute approximate surface area is 332 Å². The summed E-state index contributed by atoms with van der Waals surface area (Å²) in [6.45, 7) is 8.23. The van der Waals surface area contributed by atoms with Crippen LogP contribution in [-0.2, 0) is 40.8 Å². The quantitative estimate of drug-likeness (QED) is 0.143. The molecule has 3 aromatic carbocycles. The first-order chi connectivity index (χ1) is 27.5. The largest absolute Gasteiger partial charge is 0.508 e. The fraction of sp³-hybridized carbons (Fsp3) is 0.295. The average Bonchev–Trinajstić information content (AvgIpc) is 3.53. The third-order valence-corrected chi connectivity index (χ3v) is 10.4. The highest BCUT2D eigenvalue weighted by atomic mass is 16.3. The van der Waals surface area contributed by atoms with Crippen molar-refractivity contribution in [2.24, 2.45) is 7.05 Å². The zero-order valence-electron chi connectivity index (χ0n) is 32.5. The molecular weight excluding hydrogens is 721 g/mol. The van der Waals surface area contributed by atoms with Gasteiger partial charge in [-0.1, -0.05) is 66.7 Å². The van der Waals surface area contributed by atoms with Crippen LogP contribution in [0.15, 0.2) is 110 Å². The Balaban J connectivity index is 1.22. The number of phenolic OH excluding ortho intramolecular Hbond substituents is 1.